The van der Waals surface area contributed by atoms with E-state index >= 15 is 0 Å². The predicted molar refractivity (Wildman–Crippen MR) is 120 cm³/mol. The SMILES string of the molecule is O=C1CC2=CN(C(c3ccccc3)(c3ccccc3)c3ccccc3)CCC2S1. The van der Waals surface area contributed by atoms with Gasteiger partial charge in [0.1, 0.15) is 5.54 Å². The third-order valence-corrected chi connectivity index (χ3v) is 7.23. The van der Waals surface area contributed by atoms with Crippen LogP contribution in [0.5, 0.6) is 0 Å². The first kappa shape index (κ1) is 18.3. The van der Waals surface area contributed by atoms with E-state index in [0.717, 1.165) is 13.0 Å². The highest BCUT2D eigenvalue weighted by Gasteiger charge is 2.44. The predicted octanol–water partition coefficient (Wildman–Crippen LogP) is 5.60. The van der Waals surface area contributed by atoms with Gasteiger partial charge in [-0.25, -0.2) is 0 Å². The van der Waals surface area contributed by atoms with Crippen LogP contribution in [-0.2, 0) is 10.3 Å². The molecule has 0 saturated carbocycles. The molecule has 3 aromatic rings. The maximum absolute atomic E-state index is 12.1. The van der Waals surface area contributed by atoms with E-state index in [4.69, 9.17) is 0 Å². The summed E-state index contributed by atoms with van der Waals surface area (Å²) in [4.78, 5) is 14.5. The van der Waals surface area contributed by atoms with Gasteiger partial charge in [-0.2, -0.15) is 0 Å². The number of carbonyl (C=O) groups excluding carboxylic acids is 1. The molecule has 29 heavy (non-hydrogen) atoms. The van der Waals surface area contributed by atoms with Crippen molar-refractivity contribution in [1.82, 2.24) is 4.90 Å². The van der Waals surface area contributed by atoms with Crippen LogP contribution in [0.1, 0.15) is 29.5 Å². The lowest BCUT2D eigenvalue weighted by Gasteiger charge is -2.47. The molecule has 1 saturated heterocycles. The molecule has 1 unspecified atom stereocenters. The molecule has 0 N–H and O–H groups in total. The Morgan fingerprint density at radius 1 is 0.759 bits per heavy atom. The average molecular weight is 398 g/mol. The monoisotopic (exact) mass is 397 g/mol. The molecule has 2 nitrogen and oxygen atoms in total. The molecule has 0 aliphatic carbocycles. The number of hydrogen-bond acceptors (Lipinski definition) is 3. The van der Waals surface area contributed by atoms with Gasteiger partial charge in [0.25, 0.3) is 0 Å². The molecular formula is C26H23NOS. The van der Waals surface area contributed by atoms with Crippen LogP contribution in [0.4, 0.5) is 0 Å². The third-order valence-electron chi connectivity index (χ3n) is 6.00. The van der Waals surface area contributed by atoms with Gasteiger partial charge >= 0.3 is 0 Å². The maximum Gasteiger partial charge on any atom is 0.193 e. The van der Waals surface area contributed by atoms with E-state index < -0.39 is 5.54 Å². The van der Waals surface area contributed by atoms with Gasteiger partial charge in [-0.1, -0.05) is 103 Å². The zero-order chi connectivity index (χ0) is 19.7. The Hall–Kier alpha value is -2.78. The number of rotatable bonds is 4. The number of carbonyl (C=O) groups is 1. The van der Waals surface area contributed by atoms with Crippen LogP contribution in [0.2, 0.25) is 0 Å². The second kappa shape index (κ2) is 7.57. The smallest absolute Gasteiger partial charge is 0.193 e. The number of hydrogen-bond donors (Lipinski definition) is 0. The van der Waals surface area contributed by atoms with E-state index in [1.54, 1.807) is 0 Å². The summed E-state index contributed by atoms with van der Waals surface area (Å²) in [5.41, 5.74) is 4.55. The Kier molecular flexibility index (Phi) is 4.76. The number of benzene rings is 3. The lowest BCUT2D eigenvalue weighted by molar-refractivity contribution is -0.110. The highest BCUT2D eigenvalue weighted by molar-refractivity contribution is 8.14. The van der Waals surface area contributed by atoms with Crippen LogP contribution >= 0.6 is 11.8 Å². The molecule has 0 amide bonds. The van der Waals surface area contributed by atoms with Crippen molar-refractivity contribution in [2.75, 3.05) is 6.54 Å². The highest BCUT2D eigenvalue weighted by Crippen LogP contribution is 2.47. The van der Waals surface area contributed by atoms with Crippen molar-refractivity contribution in [1.29, 1.82) is 0 Å². The molecule has 2 aliphatic rings. The van der Waals surface area contributed by atoms with Crippen LogP contribution in [0.3, 0.4) is 0 Å². The molecule has 144 valence electrons. The van der Waals surface area contributed by atoms with Gasteiger partial charge in [0.15, 0.2) is 5.12 Å². The maximum atomic E-state index is 12.1. The summed E-state index contributed by atoms with van der Waals surface area (Å²) in [5.74, 6) is 0. The van der Waals surface area contributed by atoms with Crippen LogP contribution in [0.15, 0.2) is 103 Å². The van der Waals surface area contributed by atoms with Crippen LogP contribution in [0, 0.1) is 0 Å². The second-order valence-electron chi connectivity index (χ2n) is 7.65. The summed E-state index contributed by atoms with van der Waals surface area (Å²) in [6.45, 7) is 0.910. The normalized spacial score (nSPS) is 19.0. The van der Waals surface area contributed by atoms with E-state index in [1.165, 1.54) is 34.0 Å². The molecule has 0 radical (unpaired) electrons. The van der Waals surface area contributed by atoms with Crippen molar-refractivity contribution in [3.8, 4) is 0 Å². The molecule has 1 fully saturated rings. The van der Waals surface area contributed by atoms with Crippen molar-refractivity contribution in [3.63, 3.8) is 0 Å². The molecular weight excluding hydrogens is 374 g/mol. The van der Waals surface area contributed by atoms with E-state index in [0.29, 0.717) is 16.8 Å². The Morgan fingerprint density at radius 2 is 1.24 bits per heavy atom. The van der Waals surface area contributed by atoms with E-state index in [9.17, 15) is 4.79 Å². The van der Waals surface area contributed by atoms with Gasteiger partial charge in [0, 0.05) is 24.4 Å². The molecule has 0 spiro atoms. The summed E-state index contributed by atoms with van der Waals surface area (Å²) >= 11 is 1.52. The summed E-state index contributed by atoms with van der Waals surface area (Å²) in [6.07, 6.45) is 3.84. The minimum atomic E-state index is -0.432. The average Bonchev–Trinajstić information content (AvgIpc) is 3.16. The molecule has 3 heteroatoms. The van der Waals surface area contributed by atoms with Crippen molar-refractivity contribution in [2.24, 2.45) is 0 Å². The summed E-state index contributed by atoms with van der Waals surface area (Å²) in [6, 6.07) is 32.2. The van der Waals surface area contributed by atoms with Crippen molar-refractivity contribution in [3.05, 3.63) is 119 Å². The first-order chi connectivity index (χ1) is 14.3. The molecule has 2 aliphatic heterocycles. The fraction of sp³-hybridized carbons (Fsp3) is 0.192. The summed E-state index contributed by atoms with van der Waals surface area (Å²) < 4.78 is 0. The zero-order valence-electron chi connectivity index (χ0n) is 16.2. The van der Waals surface area contributed by atoms with Crippen LogP contribution in [-0.4, -0.2) is 21.8 Å². The van der Waals surface area contributed by atoms with Gasteiger partial charge in [-0.15, -0.1) is 0 Å². The zero-order valence-corrected chi connectivity index (χ0v) is 17.0. The molecule has 2 heterocycles. The van der Waals surface area contributed by atoms with Crippen molar-refractivity contribution < 1.29 is 4.79 Å². The number of nitrogens with zero attached hydrogens (tertiary/aromatic N) is 1. The minimum Gasteiger partial charge on any atom is -0.360 e. The van der Waals surface area contributed by atoms with E-state index in [-0.39, 0.29) is 0 Å². The Labute approximate surface area is 176 Å². The number of fused-ring (bicyclic) bond motifs is 1. The van der Waals surface area contributed by atoms with Crippen molar-refractivity contribution in [2.45, 2.75) is 23.6 Å². The molecule has 0 bridgehead atoms. The second-order valence-corrected chi connectivity index (χ2v) is 8.91. The molecule has 3 aromatic carbocycles. The fourth-order valence-corrected chi connectivity index (χ4v) is 5.84. The van der Waals surface area contributed by atoms with Gasteiger partial charge in [-0.05, 0) is 28.7 Å². The van der Waals surface area contributed by atoms with Crippen molar-refractivity contribution >= 4 is 16.9 Å². The fourth-order valence-electron chi connectivity index (χ4n) is 4.75. The Balaban J connectivity index is 1.78. The first-order valence-electron chi connectivity index (χ1n) is 10.1. The quantitative estimate of drug-likeness (QED) is 0.535. The van der Waals surface area contributed by atoms with Gasteiger partial charge in [-0.3, -0.25) is 4.79 Å². The highest BCUT2D eigenvalue weighted by atomic mass is 32.2. The standard InChI is InChI=1S/C26H23NOS/c28-25-18-20-19-27(17-16-24(20)29-25)26(21-10-4-1-5-11-21,22-12-6-2-7-13-22)23-14-8-3-9-15-23/h1-15,19,24H,16-18H2. The van der Waals surface area contributed by atoms with Gasteiger partial charge in [0.2, 0.25) is 0 Å². The third kappa shape index (κ3) is 3.10. The van der Waals surface area contributed by atoms with Gasteiger partial charge in [0.05, 0.1) is 0 Å². The largest absolute Gasteiger partial charge is 0.360 e. The summed E-state index contributed by atoms with van der Waals surface area (Å²) in [5, 5.41) is 0.645. The Morgan fingerprint density at radius 3 is 1.72 bits per heavy atom. The molecule has 1 atom stereocenters. The van der Waals surface area contributed by atoms with E-state index in [2.05, 4.69) is 102 Å². The van der Waals surface area contributed by atoms with Crippen LogP contribution in [0.25, 0.3) is 0 Å². The molecule has 5 rings (SSSR count). The Bertz CT molecular complexity index is 933. The van der Waals surface area contributed by atoms with Gasteiger partial charge < -0.3 is 4.90 Å². The lowest BCUT2D eigenvalue weighted by Crippen LogP contribution is -2.47. The molecule has 0 aromatic heterocycles. The van der Waals surface area contributed by atoms with E-state index in [1.807, 2.05) is 0 Å². The topological polar surface area (TPSA) is 20.3 Å². The van der Waals surface area contributed by atoms with Crippen LogP contribution < -0.4 is 0 Å². The first-order valence-corrected chi connectivity index (χ1v) is 11.0. The summed E-state index contributed by atoms with van der Waals surface area (Å²) in [7, 11) is 0. The number of thioether (sulfide) groups is 1. The lowest BCUT2D eigenvalue weighted by atomic mass is 9.75. The minimum absolute atomic E-state index is 0.299.